The van der Waals surface area contributed by atoms with Gasteiger partial charge in [-0.2, -0.15) is 0 Å². The van der Waals surface area contributed by atoms with Crippen molar-refractivity contribution >= 4 is 28.5 Å². The van der Waals surface area contributed by atoms with Crippen molar-refractivity contribution < 1.29 is 18.9 Å². The molecule has 8 nitrogen and oxygen atoms in total. The number of hydrogen-bond acceptors (Lipinski definition) is 6. The quantitative estimate of drug-likeness (QED) is 0.206. The highest BCUT2D eigenvalue weighted by atomic mass is 32.1. The zero-order valence-corrected chi connectivity index (χ0v) is 24.3. The molecule has 0 saturated carbocycles. The van der Waals surface area contributed by atoms with E-state index in [0.29, 0.717) is 31.4 Å². The van der Waals surface area contributed by atoms with Crippen LogP contribution in [0.25, 0.3) is 16.8 Å². The Morgan fingerprint density at radius 2 is 1.76 bits per heavy atom. The monoisotopic (exact) mass is 580 g/mol. The summed E-state index contributed by atoms with van der Waals surface area (Å²) < 4.78 is 28.2. The fourth-order valence-corrected chi connectivity index (χ4v) is 6.13. The number of anilines is 1. The van der Waals surface area contributed by atoms with Gasteiger partial charge in [0.05, 0.1) is 12.3 Å². The summed E-state index contributed by atoms with van der Waals surface area (Å²) in [5, 5.41) is 8.62. The summed E-state index contributed by atoms with van der Waals surface area (Å²) >= 11 is 6.17. The molecule has 214 valence electrons. The molecule has 0 saturated heterocycles. The van der Waals surface area contributed by atoms with E-state index in [4.69, 9.17) is 36.3 Å². The molecule has 0 radical (unpaired) electrons. The van der Waals surface area contributed by atoms with E-state index in [9.17, 15) is 0 Å². The molecule has 2 aliphatic rings. The van der Waals surface area contributed by atoms with E-state index < -0.39 is 0 Å². The van der Waals surface area contributed by atoms with E-state index in [0.717, 1.165) is 82.8 Å². The summed E-state index contributed by atoms with van der Waals surface area (Å²) in [4.78, 5) is 0.564. The lowest BCUT2D eigenvalue weighted by molar-refractivity contribution is 0.171. The van der Waals surface area contributed by atoms with Crippen LogP contribution in [-0.2, 0) is 19.6 Å². The third kappa shape index (κ3) is 4.83. The smallest absolute Gasteiger partial charge is 0.169 e. The van der Waals surface area contributed by atoms with Crippen molar-refractivity contribution in [1.82, 2.24) is 14.2 Å². The zero-order chi connectivity index (χ0) is 28.5. The van der Waals surface area contributed by atoms with Gasteiger partial charge in [0, 0.05) is 17.7 Å². The van der Waals surface area contributed by atoms with Gasteiger partial charge in [-0.1, -0.05) is 48.6 Å². The SMILES string of the molecule is CCOc1ccccc1NC(=S)c1c(-c2ccc3c(c2)OCCO3)c2c3n(c(COc4ccccc4)nn13)CCCC2. The number of nitrogens with one attached hydrogen (secondary N) is 1. The van der Waals surface area contributed by atoms with Gasteiger partial charge < -0.3 is 28.8 Å². The highest BCUT2D eigenvalue weighted by molar-refractivity contribution is 7.81. The fourth-order valence-electron chi connectivity index (χ4n) is 5.83. The second-order valence-corrected chi connectivity index (χ2v) is 10.7. The minimum absolute atomic E-state index is 0.358. The first kappa shape index (κ1) is 26.4. The molecular formula is C33H32N4O4S. The van der Waals surface area contributed by atoms with Crippen LogP contribution in [-0.4, -0.2) is 39.0 Å². The molecule has 1 N–H and O–H groups in total. The average Bonchev–Trinajstić information content (AvgIpc) is 3.43. The maximum atomic E-state index is 6.17. The number of aromatic nitrogens is 3. The summed E-state index contributed by atoms with van der Waals surface area (Å²) in [7, 11) is 0. The van der Waals surface area contributed by atoms with E-state index in [-0.39, 0.29) is 0 Å². The molecule has 5 aromatic rings. The van der Waals surface area contributed by atoms with Crippen LogP contribution in [0.1, 0.15) is 36.8 Å². The maximum absolute atomic E-state index is 6.17. The van der Waals surface area contributed by atoms with E-state index >= 15 is 0 Å². The number of thiocarbonyl (C=S) groups is 1. The normalized spacial score (nSPS) is 13.9. The zero-order valence-electron chi connectivity index (χ0n) is 23.5. The van der Waals surface area contributed by atoms with E-state index in [1.54, 1.807) is 0 Å². The standard InChI is InChI=1S/C33H32N4O4S/c1-2-38-26-14-7-6-13-25(26)34-32(42)31-30(22-15-16-27-28(20-22)40-19-18-39-27)24-12-8-9-17-36-29(35-37(31)33(24)36)21-41-23-10-4-3-5-11-23/h3-7,10-11,13-16,20H,2,8-9,12,17-19,21H2,1H3,(H,34,42). The number of para-hydroxylation sites is 3. The van der Waals surface area contributed by atoms with Crippen molar-refractivity contribution in [3.05, 3.63) is 89.9 Å². The van der Waals surface area contributed by atoms with Gasteiger partial charge >= 0.3 is 0 Å². The lowest BCUT2D eigenvalue weighted by Crippen LogP contribution is -2.16. The third-order valence-corrected chi connectivity index (χ3v) is 7.95. The third-order valence-electron chi connectivity index (χ3n) is 7.65. The summed E-state index contributed by atoms with van der Waals surface area (Å²) in [5.74, 6) is 3.93. The Morgan fingerprint density at radius 1 is 0.952 bits per heavy atom. The molecule has 3 aromatic carbocycles. The van der Waals surface area contributed by atoms with E-state index in [2.05, 4.69) is 22.0 Å². The number of aryl methyl sites for hydroxylation is 2. The Kier molecular flexibility index (Phi) is 7.17. The Labute approximate surface area is 249 Å². The van der Waals surface area contributed by atoms with Crippen molar-refractivity contribution in [3.8, 4) is 34.1 Å². The summed E-state index contributed by atoms with van der Waals surface area (Å²) in [6.07, 6.45) is 3.03. The van der Waals surface area contributed by atoms with Crippen LogP contribution in [0, 0.1) is 0 Å². The predicted molar refractivity (Wildman–Crippen MR) is 166 cm³/mol. The molecule has 2 aliphatic heterocycles. The lowest BCUT2D eigenvalue weighted by atomic mass is 9.97. The molecular weight excluding hydrogens is 548 g/mol. The Morgan fingerprint density at radius 3 is 2.62 bits per heavy atom. The number of rotatable bonds is 8. The van der Waals surface area contributed by atoms with Gasteiger partial charge in [0.25, 0.3) is 0 Å². The van der Waals surface area contributed by atoms with Crippen LogP contribution in [0.5, 0.6) is 23.0 Å². The number of ether oxygens (including phenoxy) is 4. The molecule has 0 bridgehead atoms. The van der Waals surface area contributed by atoms with E-state index in [1.807, 2.05) is 72.1 Å². The molecule has 0 fully saturated rings. The van der Waals surface area contributed by atoms with Crippen LogP contribution in [0.3, 0.4) is 0 Å². The van der Waals surface area contributed by atoms with Gasteiger partial charge in [-0.3, -0.25) is 0 Å². The number of hydrogen-bond donors (Lipinski definition) is 1. The molecule has 0 amide bonds. The minimum Gasteiger partial charge on any atom is -0.492 e. The highest BCUT2D eigenvalue weighted by Crippen LogP contribution is 2.41. The number of fused-ring (bicyclic) bond motifs is 1. The Hall–Kier alpha value is -4.50. The molecule has 0 aliphatic carbocycles. The van der Waals surface area contributed by atoms with Gasteiger partial charge in [-0.15, -0.1) is 5.10 Å². The molecule has 9 heteroatoms. The lowest BCUT2D eigenvalue weighted by Gasteiger charge is -2.19. The Balaban J connectivity index is 1.38. The van der Waals surface area contributed by atoms with Crippen molar-refractivity contribution in [3.63, 3.8) is 0 Å². The molecule has 0 atom stereocenters. The topological polar surface area (TPSA) is 71.2 Å². The largest absolute Gasteiger partial charge is 0.492 e. The second-order valence-electron chi connectivity index (χ2n) is 10.3. The first-order valence-corrected chi connectivity index (χ1v) is 14.9. The first-order chi connectivity index (χ1) is 20.7. The van der Waals surface area contributed by atoms with Gasteiger partial charge in [0.15, 0.2) is 17.3 Å². The second kappa shape index (κ2) is 11.4. The van der Waals surface area contributed by atoms with E-state index in [1.165, 1.54) is 5.56 Å². The summed E-state index contributed by atoms with van der Waals surface area (Å²) in [6.45, 7) is 4.83. The molecule has 0 unspecified atom stereocenters. The fraction of sp³-hybridized carbons (Fsp3) is 0.273. The van der Waals surface area contributed by atoms with Crippen molar-refractivity contribution in [2.75, 3.05) is 25.1 Å². The average molecular weight is 581 g/mol. The maximum Gasteiger partial charge on any atom is 0.169 e. The van der Waals surface area contributed by atoms with Gasteiger partial charge in [-0.05, 0) is 68.1 Å². The van der Waals surface area contributed by atoms with Crippen LogP contribution in [0.2, 0.25) is 0 Å². The van der Waals surface area contributed by atoms with Crippen molar-refractivity contribution in [1.29, 1.82) is 0 Å². The Bertz CT molecular complexity index is 1760. The molecule has 7 rings (SSSR count). The number of benzene rings is 3. The van der Waals surface area contributed by atoms with Crippen molar-refractivity contribution in [2.24, 2.45) is 0 Å². The van der Waals surface area contributed by atoms with Crippen LogP contribution >= 0.6 is 12.2 Å². The predicted octanol–water partition coefficient (Wildman–Crippen LogP) is 6.68. The molecule has 42 heavy (non-hydrogen) atoms. The number of nitrogens with zero attached hydrogens (tertiary/aromatic N) is 3. The van der Waals surface area contributed by atoms with Crippen LogP contribution < -0.4 is 24.3 Å². The first-order valence-electron chi connectivity index (χ1n) is 14.4. The molecule has 0 spiro atoms. The molecule has 2 aromatic heterocycles. The summed E-state index contributed by atoms with van der Waals surface area (Å²) in [5.41, 5.74) is 6.01. The van der Waals surface area contributed by atoms with Gasteiger partial charge in [0.2, 0.25) is 0 Å². The summed E-state index contributed by atoms with van der Waals surface area (Å²) in [6, 6.07) is 23.9. The highest BCUT2D eigenvalue weighted by Gasteiger charge is 2.30. The minimum atomic E-state index is 0.358. The van der Waals surface area contributed by atoms with Gasteiger partial charge in [0.1, 0.15) is 47.6 Å². The van der Waals surface area contributed by atoms with Crippen LogP contribution in [0.15, 0.2) is 72.8 Å². The van der Waals surface area contributed by atoms with Gasteiger partial charge in [-0.25, -0.2) is 4.52 Å². The molecule has 4 heterocycles. The van der Waals surface area contributed by atoms with Crippen LogP contribution in [0.4, 0.5) is 5.69 Å². The van der Waals surface area contributed by atoms with Crippen molar-refractivity contribution in [2.45, 2.75) is 39.3 Å².